The largest absolute Gasteiger partial charge is 0.488 e. The van der Waals surface area contributed by atoms with Crippen molar-refractivity contribution >= 4 is 11.8 Å². The van der Waals surface area contributed by atoms with Crippen LogP contribution >= 0.6 is 0 Å². The van der Waals surface area contributed by atoms with E-state index in [1.54, 1.807) is 9.80 Å². The molecule has 2 saturated heterocycles. The fraction of sp³-hybridized carbons (Fsp3) is 0.556. The molecule has 2 aliphatic heterocycles. The van der Waals surface area contributed by atoms with Crippen molar-refractivity contribution in [1.82, 2.24) is 9.80 Å². The van der Waals surface area contributed by atoms with Gasteiger partial charge in [0.25, 0.3) is 0 Å². The molecule has 3 rings (SSSR count). The quantitative estimate of drug-likeness (QED) is 0.834. The Balaban J connectivity index is 1.70. The van der Waals surface area contributed by atoms with E-state index in [9.17, 15) is 9.59 Å². The highest BCUT2D eigenvalue weighted by molar-refractivity contribution is 5.88. The summed E-state index contributed by atoms with van der Waals surface area (Å²) in [6.07, 6.45) is 0.778. The Kier molecular flexibility index (Phi) is 5.35. The maximum absolute atomic E-state index is 12.9. The smallest absolute Gasteiger partial charge is 0.245 e. The summed E-state index contributed by atoms with van der Waals surface area (Å²) in [5, 5.41) is 0. The Bertz CT molecular complexity index is 572. The molecule has 0 spiro atoms. The van der Waals surface area contributed by atoms with Gasteiger partial charge in [0, 0.05) is 25.9 Å². The molecule has 0 saturated carbocycles. The molecule has 0 unspecified atom stereocenters. The molecule has 0 aliphatic carbocycles. The molecule has 0 N–H and O–H groups in total. The van der Waals surface area contributed by atoms with E-state index >= 15 is 0 Å². The first-order chi connectivity index (χ1) is 11.7. The second-order valence-corrected chi connectivity index (χ2v) is 6.14. The third-order valence-corrected chi connectivity index (χ3v) is 4.54. The molecule has 6 nitrogen and oxygen atoms in total. The van der Waals surface area contributed by atoms with Gasteiger partial charge in [-0.1, -0.05) is 25.1 Å². The van der Waals surface area contributed by atoms with Crippen LogP contribution in [0.4, 0.5) is 0 Å². The molecule has 6 heteroatoms. The summed E-state index contributed by atoms with van der Waals surface area (Å²) in [4.78, 5) is 28.6. The topological polar surface area (TPSA) is 59.1 Å². The van der Waals surface area contributed by atoms with Crippen LogP contribution in [0.5, 0.6) is 5.75 Å². The lowest BCUT2D eigenvalue weighted by Gasteiger charge is -2.32. The van der Waals surface area contributed by atoms with Crippen molar-refractivity contribution in [3.8, 4) is 5.75 Å². The molecule has 0 radical (unpaired) electrons. The number of ether oxygens (including phenoxy) is 2. The normalized spacial score (nSPS) is 24.0. The zero-order valence-electron chi connectivity index (χ0n) is 14.0. The Labute approximate surface area is 142 Å². The Hall–Kier alpha value is -2.08. The number of morpholine rings is 1. The first kappa shape index (κ1) is 16.8. The van der Waals surface area contributed by atoms with Crippen LogP contribution in [0.25, 0.3) is 0 Å². The van der Waals surface area contributed by atoms with Crippen LogP contribution < -0.4 is 4.74 Å². The number of carbonyl (C=O) groups excluding carboxylic acids is 2. The molecule has 0 bridgehead atoms. The second kappa shape index (κ2) is 7.66. The van der Waals surface area contributed by atoms with Gasteiger partial charge in [0.1, 0.15) is 17.9 Å². The lowest BCUT2D eigenvalue weighted by molar-refractivity contribution is -0.146. The van der Waals surface area contributed by atoms with Gasteiger partial charge in [0.15, 0.2) is 0 Å². The molecule has 0 aromatic heterocycles. The first-order valence-corrected chi connectivity index (χ1v) is 8.56. The van der Waals surface area contributed by atoms with Gasteiger partial charge in [-0.25, -0.2) is 0 Å². The van der Waals surface area contributed by atoms with E-state index in [4.69, 9.17) is 9.47 Å². The third-order valence-electron chi connectivity index (χ3n) is 4.54. The molecule has 1 aromatic carbocycles. The van der Waals surface area contributed by atoms with Crippen LogP contribution in [-0.4, -0.2) is 66.6 Å². The number of carbonyl (C=O) groups is 2. The summed E-state index contributed by atoms with van der Waals surface area (Å²) in [6, 6.07) is 9.11. The van der Waals surface area contributed by atoms with Crippen LogP contribution in [0.2, 0.25) is 0 Å². The molecular weight excluding hydrogens is 308 g/mol. The lowest BCUT2D eigenvalue weighted by atomic mass is 10.1. The van der Waals surface area contributed by atoms with E-state index in [1.807, 2.05) is 37.3 Å². The van der Waals surface area contributed by atoms with Crippen LogP contribution in [-0.2, 0) is 14.3 Å². The van der Waals surface area contributed by atoms with Crippen LogP contribution in [0.3, 0.4) is 0 Å². The zero-order chi connectivity index (χ0) is 16.9. The van der Waals surface area contributed by atoms with Crippen LogP contribution in [0, 0.1) is 0 Å². The van der Waals surface area contributed by atoms with E-state index in [2.05, 4.69) is 0 Å². The molecule has 2 heterocycles. The fourth-order valence-corrected chi connectivity index (χ4v) is 3.28. The van der Waals surface area contributed by atoms with Crippen molar-refractivity contribution in [2.24, 2.45) is 0 Å². The van der Waals surface area contributed by atoms with Gasteiger partial charge < -0.3 is 19.3 Å². The lowest BCUT2D eigenvalue weighted by Crippen LogP contribution is -2.50. The van der Waals surface area contributed by atoms with Gasteiger partial charge in [0.05, 0.1) is 19.8 Å². The second-order valence-electron chi connectivity index (χ2n) is 6.14. The molecule has 1 aromatic rings. The highest BCUT2D eigenvalue weighted by Gasteiger charge is 2.42. The molecule has 130 valence electrons. The van der Waals surface area contributed by atoms with Gasteiger partial charge in [-0.3, -0.25) is 9.59 Å². The number of para-hydroxylation sites is 1. The molecule has 2 amide bonds. The standard InChI is InChI=1S/C18H24N2O4/c1-2-17(21)20-13-15(24-14-6-4-3-5-7-14)12-16(20)18(22)19-8-10-23-11-9-19/h3-7,15-16H,2,8-13H2,1H3/t15-,16-/m0/s1. The minimum absolute atomic E-state index is 0.000714. The number of hydrogen-bond donors (Lipinski definition) is 0. The van der Waals surface area contributed by atoms with Gasteiger partial charge in [-0.15, -0.1) is 0 Å². The molecule has 2 atom stereocenters. The van der Waals surface area contributed by atoms with Gasteiger partial charge in [-0.2, -0.15) is 0 Å². The predicted molar refractivity (Wildman–Crippen MR) is 88.7 cm³/mol. The van der Waals surface area contributed by atoms with Gasteiger partial charge in [0.2, 0.25) is 11.8 Å². The van der Waals surface area contributed by atoms with E-state index in [0.717, 1.165) is 5.75 Å². The van der Waals surface area contributed by atoms with E-state index in [-0.39, 0.29) is 17.9 Å². The predicted octanol–water partition coefficient (Wildman–Crippen LogP) is 1.30. The SMILES string of the molecule is CCC(=O)N1C[C@@H](Oc2ccccc2)C[C@H]1C(=O)N1CCOCC1. The number of hydrogen-bond acceptors (Lipinski definition) is 4. The summed E-state index contributed by atoms with van der Waals surface area (Å²) >= 11 is 0. The van der Waals surface area contributed by atoms with Crippen molar-refractivity contribution in [3.05, 3.63) is 30.3 Å². The average molecular weight is 332 g/mol. The monoisotopic (exact) mass is 332 g/mol. The maximum Gasteiger partial charge on any atom is 0.245 e. The zero-order valence-corrected chi connectivity index (χ0v) is 14.0. The van der Waals surface area contributed by atoms with Crippen molar-refractivity contribution in [2.45, 2.75) is 31.9 Å². The Morgan fingerprint density at radius 3 is 2.58 bits per heavy atom. The fourth-order valence-electron chi connectivity index (χ4n) is 3.28. The minimum atomic E-state index is -0.427. The molecule has 24 heavy (non-hydrogen) atoms. The van der Waals surface area contributed by atoms with E-state index in [0.29, 0.717) is 45.7 Å². The molecule has 2 fully saturated rings. The van der Waals surface area contributed by atoms with Gasteiger partial charge in [-0.05, 0) is 12.1 Å². The van der Waals surface area contributed by atoms with Crippen LogP contribution in [0.1, 0.15) is 19.8 Å². The summed E-state index contributed by atoms with van der Waals surface area (Å²) in [7, 11) is 0. The van der Waals surface area contributed by atoms with E-state index in [1.165, 1.54) is 0 Å². The van der Waals surface area contributed by atoms with Crippen molar-refractivity contribution in [3.63, 3.8) is 0 Å². The number of rotatable bonds is 4. The van der Waals surface area contributed by atoms with Gasteiger partial charge >= 0.3 is 0 Å². The average Bonchev–Trinajstić information content (AvgIpc) is 3.05. The molecular formula is C18H24N2O4. The summed E-state index contributed by atoms with van der Waals surface area (Å²) in [5.74, 6) is 0.783. The number of amides is 2. The first-order valence-electron chi connectivity index (χ1n) is 8.56. The summed E-state index contributed by atoms with van der Waals surface area (Å²) < 4.78 is 11.3. The summed E-state index contributed by atoms with van der Waals surface area (Å²) in [5.41, 5.74) is 0. The van der Waals surface area contributed by atoms with E-state index < -0.39 is 6.04 Å². The number of benzene rings is 1. The van der Waals surface area contributed by atoms with Crippen molar-refractivity contribution in [2.75, 3.05) is 32.8 Å². The Morgan fingerprint density at radius 2 is 1.92 bits per heavy atom. The summed E-state index contributed by atoms with van der Waals surface area (Å²) in [6.45, 7) is 4.59. The number of nitrogens with zero attached hydrogens (tertiary/aromatic N) is 2. The maximum atomic E-state index is 12.9. The highest BCUT2D eigenvalue weighted by Crippen LogP contribution is 2.25. The van der Waals surface area contributed by atoms with Crippen molar-refractivity contribution < 1.29 is 19.1 Å². The Morgan fingerprint density at radius 1 is 1.21 bits per heavy atom. The highest BCUT2D eigenvalue weighted by atomic mass is 16.5. The molecule has 2 aliphatic rings. The van der Waals surface area contributed by atoms with Crippen molar-refractivity contribution in [1.29, 1.82) is 0 Å². The minimum Gasteiger partial charge on any atom is -0.488 e. The number of likely N-dealkylation sites (tertiary alicyclic amines) is 1. The van der Waals surface area contributed by atoms with Crippen LogP contribution in [0.15, 0.2) is 30.3 Å². The third kappa shape index (κ3) is 3.70.